The molecule has 2 aliphatic heterocycles. The van der Waals surface area contributed by atoms with Crippen molar-refractivity contribution in [1.29, 1.82) is 0 Å². The molecule has 11 nitrogen and oxygen atoms in total. The van der Waals surface area contributed by atoms with Gasteiger partial charge in [-0.3, -0.25) is 9.52 Å². The molecule has 3 saturated carbocycles. The van der Waals surface area contributed by atoms with Crippen molar-refractivity contribution in [2.75, 3.05) is 29.9 Å². The molecule has 3 aromatic rings. The van der Waals surface area contributed by atoms with E-state index in [1.807, 2.05) is 0 Å². The summed E-state index contributed by atoms with van der Waals surface area (Å²) in [7, 11) is 6.41. The third-order valence-corrected chi connectivity index (χ3v) is 11.6. The fourth-order valence-electron chi connectivity index (χ4n) is 8.60. The zero-order valence-corrected chi connectivity index (χ0v) is 26.4. The van der Waals surface area contributed by atoms with Crippen LogP contribution in [-0.4, -0.2) is 74.5 Å². The van der Waals surface area contributed by atoms with Crippen molar-refractivity contribution in [2.24, 2.45) is 22.7 Å². The Labute approximate surface area is 268 Å². The van der Waals surface area contributed by atoms with Crippen molar-refractivity contribution in [3.05, 3.63) is 42.1 Å². The summed E-state index contributed by atoms with van der Waals surface area (Å²) < 4.78 is 10.5. The van der Waals surface area contributed by atoms with Gasteiger partial charge in [0.25, 0.3) is 5.91 Å². The Morgan fingerprint density at radius 3 is 2.67 bits per heavy atom. The molecule has 45 heavy (non-hydrogen) atoms. The molecular formula is C32H38BN7O4S. The normalized spacial score (nSPS) is 25.4. The first-order valence-electron chi connectivity index (χ1n) is 15.9. The lowest BCUT2D eigenvalue weighted by atomic mass is 9.76. The molecule has 4 bridgehead atoms. The van der Waals surface area contributed by atoms with Crippen LogP contribution in [-0.2, 0) is 0 Å². The van der Waals surface area contributed by atoms with Crippen molar-refractivity contribution in [1.82, 2.24) is 24.5 Å². The van der Waals surface area contributed by atoms with Crippen molar-refractivity contribution >= 4 is 37.3 Å². The number of anilines is 2. The number of amides is 1. The summed E-state index contributed by atoms with van der Waals surface area (Å²) in [6, 6.07) is 8.54. The maximum atomic E-state index is 13.6. The van der Waals surface area contributed by atoms with Gasteiger partial charge in [0.15, 0.2) is 17.4 Å². The molecule has 2 radical (unpaired) electrons. The largest absolute Gasteiger partial charge is 0.504 e. The highest BCUT2D eigenvalue weighted by Gasteiger charge is 2.89. The first-order valence-corrected chi connectivity index (χ1v) is 16.7. The molecule has 5 heterocycles. The van der Waals surface area contributed by atoms with Gasteiger partial charge in [0, 0.05) is 42.8 Å². The first-order chi connectivity index (χ1) is 21.5. The molecule has 1 amide bonds. The fraction of sp³-hybridized carbons (Fsp3) is 0.562. The number of hydrogen-bond donors (Lipinski definition) is 4. The lowest BCUT2D eigenvalue weighted by molar-refractivity contribution is 0.0374. The Morgan fingerprint density at radius 1 is 1.13 bits per heavy atom. The number of ether oxygens (including phenoxy) is 1. The average molecular weight is 628 g/mol. The van der Waals surface area contributed by atoms with Gasteiger partial charge >= 0.3 is 0 Å². The number of aliphatic hydroxyl groups is 1. The molecule has 2 atom stereocenters. The number of aromatic hydroxyl groups is 1. The minimum Gasteiger partial charge on any atom is -0.504 e. The summed E-state index contributed by atoms with van der Waals surface area (Å²) in [5.74, 6) is 2.22. The number of hydrogen-bond acceptors (Lipinski definition) is 10. The Bertz CT molecular complexity index is 1650. The number of nitrogens with zero attached hydrogens (tertiary/aromatic N) is 5. The van der Waals surface area contributed by atoms with Crippen LogP contribution >= 0.6 is 11.9 Å². The minimum atomic E-state index is -1.38. The standard InChI is InChI=1S/C32H38BN7O4S/c1-29(2)16-19-4-3-14-34-25-21(41)6-8-24(36-25)45-38-27(42)20-5-7-22(35-26(20)39(29)17-19)40-15-9-23(37-40)44-18-32(33,43)28-30(10-11-30)31(28)12-13-31/h5-9,15,19,28,41,43H,3-4,10-14,16-18H2,1-2H3,(H,34,36)(H,38,42). The van der Waals surface area contributed by atoms with Crippen LogP contribution in [0.3, 0.4) is 0 Å². The van der Waals surface area contributed by atoms with Crippen LogP contribution in [0.25, 0.3) is 5.82 Å². The van der Waals surface area contributed by atoms with Crippen LogP contribution in [0.2, 0.25) is 0 Å². The van der Waals surface area contributed by atoms with Crippen LogP contribution in [0.5, 0.6) is 11.6 Å². The van der Waals surface area contributed by atoms with Gasteiger partial charge in [0.2, 0.25) is 5.88 Å². The van der Waals surface area contributed by atoms with Gasteiger partial charge in [-0.15, -0.1) is 5.10 Å². The molecule has 2 spiro atoms. The van der Waals surface area contributed by atoms with E-state index in [2.05, 4.69) is 38.9 Å². The maximum absolute atomic E-state index is 13.6. The highest BCUT2D eigenvalue weighted by Crippen LogP contribution is 2.94. The summed E-state index contributed by atoms with van der Waals surface area (Å²) in [6.45, 7) is 5.82. The number of carbonyl (C=O) groups is 1. The van der Waals surface area contributed by atoms with E-state index in [1.54, 1.807) is 41.2 Å². The highest BCUT2D eigenvalue weighted by molar-refractivity contribution is 7.97. The molecule has 0 aromatic carbocycles. The summed E-state index contributed by atoms with van der Waals surface area (Å²) >= 11 is 1.09. The lowest BCUT2D eigenvalue weighted by Crippen LogP contribution is -2.40. The van der Waals surface area contributed by atoms with Gasteiger partial charge in [0.1, 0.15) is 25.3 Å². The third kappa shape index (κ3) is 4.84. The molecule has 3 aliphatic carbocycles. The van der Waals surface area contributed by atoms with Crippen molar-refractivity contribution in [3.8, 4) is 17.4 Å². The summed E-state index contributed by atoms with van der Waals surface area (Å²) in [5, 5.41) is 29.8. The van der Waals surface area contributed by atoms with Crippen LogP contribution < -0.4 is 19.7 Å². The molecule has 1 saturated heterocycles. The Hall–Kier alpha value is -3.45. The fourth-order valence-corrected chi connectivity index (χ4v) is 9.18. The predicted molar refractivity (Wildman–Crippen MR) is 171 cm³/mol. The number of aromatic nitrogens is 4. The second-order valence-corrected chi connectivity index (χ2v) is 15.1. The van der Waals surface area contributed by atoms with E-state index in [0.29, 0.717) is 46.4 Å². The summed E-state index contributed by atoms with van der Waals surface area (Å²) in [4.78, 5) is 25.3. The molecule has 5 aliphatic rings. The van der Waals surface area contributed by atoms with E-state index in [0.717, 1.165) is 63.4 Å². The number of carbonyl (C=O) groups excluding carboxylic acids is 1. The van der Waals surface area contributed by atoms with Gasteiger partial charge in [-0.1, -0.05) is 0 Å². The zero-order valence-electron chi connectivity index (χ0n) is 25.6. The third-order valence-electron chi connectivity index (χ3n) is 10.8. The van der Waals surface area contributed by atoms with E-state index in [-0.39, 0.29) is 40.6 Å². The van der Waals surface area contributed by atoms with Gasteiger partial charge < -0.3 is 25.2 Å². The Kier molecular flexibility index (Phi) is 6.46. The Morgan fingerprint density at radius 2 is 1.91 bits per heavy atom. The SMILES string of the molecule is [B]C(O)(COc1ccn(-c2ccc3c(n2)N2CC(CCCNc4nc(ccc4O)SNC3=O)CC2(C)C)n1)C1C2(CC2)C12CC2. The average Bonchev–Trinajstić information content (AvgIpc) is 3.96. The van der Waals surface area contributed by atoms with E-state index in [4.69, 9.17) is 17.6 Å². The monoisotopic (exact) mass is 627 g/mol. The number of pyridine rings is 2. The number of rotatable bonds is 5. The topological polar surface area (TPSA) is 138 Å². The lowest BCUT2D eigenvalue weighted by Gasteiger charge is -2.34. The maximum Gasteiger partial charge on any atom is 0.265 e. The van der Waals surface area contributed by atoms with E-state index >= 15 is 0 Å². The smallest absolute Gasteiger partial charge is 0.265 e. The van der Waals surface area contributed by atoms with Crippen LogP contribution in [0.1, 0.15) is 69.2 Å². The molecule has 13 heteroatoms. The van der Waals surface area contributed by atoms with Crippen LogP contribution in [0.15, 0.2) is 41.6 Å². The van der Waals surface area contributed by atoms with Gasteiger partial charge in [0.05, 0.1) is 11.1 Å². The van der Waals surface area contributed by atoms with Crippen molar-refractivity contribution < 1.29 is 19.7 Å². The summed E-state index contributed by atoms with van der Waals surface area (Å²) in [6.07, 6.45) is 9.27. The van der Waals surface area contributed by atoms with E-state index in [1.165, 1.54) is 0 Å². The predicted octanol–water partition coefficient (Wildman–Crippen LogP) is 4.04. The molecule has 3 aromatic heterocycles. The molecule has 234 valence electrons. The van der Waals surface area contributed by atoms with E-state index < -0.39 is 5.50 Å². The van der Waals surface area contributed by atoms with E-state index in [9.17, 15) is 15.0 Å². The molecule has 4 N–H and O–H groups in total. The molecular weight excluding hydrogens is 589 g/mol. The quantitative estimate of drug-likeness (QED) is 0.242. The highest BCUT2D eigenvalue weighted by atomic mass is 32.2. The van der Waals surface area contributed by atoms with Crippen molar-refractivity contribution in [3.63, 3.8) is 0 Å². The zero-order chi connectivity index (χ0) is 31.2. The van der Waals surface area contributed by atoms with Gasteiger partial charge in [-0.2, -0.15) is 0 Å². The minimum absolute atomic E-state index is 0.0100. The second-order valence-electron chi connectivity index (χ2n) is 14.3. The van der Waals surface area contributed by atoms with Gasteiger partial charge in [-0.05, 0) is 106 Å². The summed E-state index contributed by atoms with van der Waals surface area (Å²) in [5.41, 5.74) is -0.635. The first kappa shape index (κ1) is 29.0. The number of fused-ring (bicyclic) bond motifs is 7. The number of nitrogens with one attached hydrogen (secondary N) is 2. The Balaban J connectivity index is 1.05. The van der Waals surface area contributed by atoms with Crippen LogP contribution in [0, 0.1) is 22.7 Å². The molecule has 4 fully saturated rings. The van der Waals surface area contributed by atoms with Gasteiger partial charge in [-0.25, -0.2) is 14.6 Å². The van der Waals surface area contributed by atoms with Crippen LogP contribution in [0.4, 0.5) is 11.6 Å². The molecule has 8 rings (SSSR count). The molecule has 2 unspecified atom stereocenters. The second kappa shape index (κ2) is 10.0. The van der Waals surface area contributed by atoms with Crippen molar-refractivity contribution in [2.45, 2.75) is 74.9 Å².